The molecule has 0 saturated carbocycles. The maximum Gasteiger partial charge on any atom is 0.243 e. The highest BCUT2D eigenvalue weighted by Gasteiger charge is 2.29. The number of nitrogens with zero attached hydrogens (tertiary/aromatic N) is 3. The lowest BCUT2D eigenvalue weighted by Gasteiger charge is -2.15. The SMILES string of the molecule is Cc1cccc(N2C(=O)CS/C2=N\N=C\C(C)C)c1. The number of thioether (sulfide) groups is 1. The summed E-state index contributed by atoms with van der Waals surface area (Å²) in [6, 6.07) is 7.84. The Bertz CT molecular complexity index is 537. The van der Waals surface area contributed by atoms with Crippen LogP contribution in [0.1, 0.15) is 19.4 Å². The number of carbonyl (C=O) groups is 1. The zero-order chi connectivity index (χ0) is 13.8. The van der Waals surface area contributed by atoms with Crippen molar-refractivity contribution in [1.29, 1.82) is 0 Å². The van der Waals surface area contributed by atoms with Crippen LogP contribution in [0.3, 0.4) is 0 Å². The molecule has 0 N–H and O–H groups in total. The summed E-state index contributed by atoms with van der Waals surface area (Å²) in [4.78, 5) is 13.6. The molecule has 100 valence electrons. The van der Waals surface area contributed by atoms with Gasteiger partial charge < -0.3 is 0 Å². The first-order valence-electron chi connectivity index (χ1n) is 6.21. The van der Waals surface area contributed by atoms with Crippen molar-refractivity contribution in [2.24, 2.45) is 16.1 Å². The average Bonchev–Trinajstić information content (AvgIpc) is 2.70. The third-order valence-electron chi connectivity index (χ3n) is 2.53. The van der Waals surface area contributed by atoms with Crippen LogP contribution in [0.5, 0.6) is 0 Å². The topological polar surface area (TPSA) is 45.0 Å². The normalized spacial score (nSPS) is 18.2. The van der Waals surface area contributed by atoms with Crippen LogP contribution in [0, 0.1) is 12.8 Å². The van der Waals surface area contributed by atoms with Crippen molar-refractivity contribution in [2.45, 2.75) is 20.8 Å². The average molecular weight is 275 g/mol. The molecule has 0 atom stereocenters. The van der Waals surface area contributed by atoms with Gasteiger partial charge in [-0.2, -0.15) is 5.10 Å². The van der Waals surface area contributed by atoms with Crippen LogP contribution in [-0.2, 0) is 4.79 Å². The number of hydrogen-bond acceptors (Lipinski definition) is 4. The van der Waals surface area contributed by atoms with Gasteiger partial charge in [-0.1, -0.05) is 37.7 Å². The summed E-state index contributed by atoms with van der Waals surface area (Å²) in [6.45, 7) is 6.08. The molecule has 1 amide bonds. The van der Waals surface area contributed by atoms with E-state index >= 15 is 0 Å². The molecular formula is C14H17N3OS. The standard InChI is InChI=1S/C14H17N3OS/c1-10(2)8-15-16-14-17(13(18)9-19-14)12-6-4-5-11(3)7-12/h4-8,10H,9H2,1-3H3/b15-8+,16-14-. The van der Waals surface area contributed by atoms with Crippen molar-refractivity contribution in [3.63, 3.8) is 0 Å². The lowest BCUT2D eigenvalue weighted by molar-refractivity contribution is -0.115. The van der Waals surface area contributed by atoms with E-state index in [-0.39, 0.29) is 5.91 Å². The Balaban J connectivity index is 2.28. The van der Waals surface area contributed by atoms with E-state index in [1.807, 2.05) is 45.0 Å². The first-order chi connectivity index (χ1) is 9.08. The van der Waals surface area contributed by atoms with Gasteiger partial charge in [0.15, 0.2) is 5.17 Å². The molecule has 0 spiro atoms. The predicted molar refractivity (Wildman–Crippen MR) is 81.9 cm³/mol. The molecule has 2 rings (SSSR count). The van der Waals surface area contributed by atoms with Gasteiger partial charge >= 0.3 is 0 Å². The fraction of sp³-hybridized carbons (Fsp3) is 0.357. The van der Waals surface area contributed by atoms with E-state index in [1.54, 1.807) is 11.1 Å². The summed E-state index contributed by atoms with van der Waals surface area (Å²) in [5, 5.41) is 8.83. The third-order valence-corrected chi connectivity index (χ3v) is 3.45. The summed E-state index contributed by atoms with van der Waals surface area (Å²) >= 11 is 1.42. The van der Waals surface area contributed by atoms with Gasteiger partial charge in [0.25, 0.3) is 0 Å². The summed E-state index contributed by atoms with van der Waals surface area (Å²) in [5.41, 5.74) is 1.97. The highest BCUT2D eigenvalue weighted by atomic mass is 32.2. The summed E-state index contributed by atoms with van der Waals surface area (Å²) in [6.07, 6.45) is 1.77. The van der Waals surface area contributed by atoms with Crippen molar-refractivity contribution >= 4 is 34.7 Å². The molecule has 0 unspecified atom stereocenters. The molecular weight excluding hydrogens is 258 g/mol. The maximum atomic E-state index is 12.0. The zero-order valence-corrected chi connectivity index (χ0v) is 12.1. The predicted octanol–water partition coefficient (Wildman–Crippen LogP) is 3.07. The Morgan fingerprint density at radius 1 is 1.42 bits per heavy atom. The first-order valence-corrected chi connectivity index (χ1v) is 7.20. The summed E-state index contributed by atoms with van der Waals surface area (Å²) in [7, 11) is 0. The van der Waals surface area contributed by atoms with Gasteiger partial charge in [-0.25, -0.2) is 0 Å². The van der Waals surface area contributed by atoms with E-state index in [2.05, 4.69) is 10.2 Å². The lowest BCUT2D eigenvalue weighted by Crippen LogP contribution is -2.29. The molecule has 1 aromatic carbocycles. The Labute approximate surface area is 117 Å². The van der Waals surface area contributed by atoms with Gasteiger partial charge in [0, 0.05) is 6.21 Å². The number of rotatable bonds is 3. The Kier molecular flexibility index (Phi) is 4.37. The van der Waals surface area contributed by atoms with Crippen LogP contribution in [0.25, 0.3) is 0 Å². The molecule has 1 aliphatic rings. The maximum absolute atomic E-state index is 12.0. The second-order valence-corrected chi connectivity index (χ2v) is 5.69. The van der Waals surface area contributed by atoms with E-state index in [0.717, 1.165) is 11.3 Å². The van der Waals surface area contributed by atoms with E-state index in [9.17, 15) is 4.79 Å². The van der Waals surface area contributed by atoms with Crippen molar-refractivity contribution in [2.75, 3.05) is 10.7 Å². The molecule has 1 heterocycles. The second-order valence-electron chi connectivity index (χ2n) is 4.75. The fourth-order valence-electron chi connectivity index (χ4n) is 1.67. The monoisotopic (exact) mass is 275 g/mol. The minimum absolute atomic E-state index is 0.0501. The molecule has 0 radical (unpaired) electrons. The highest BCUT2D eigenvalue weighted by Crippen LogP contribution is 2.27. The van der Waals surface area contributed by atoms with Gasteiger partial charge in [-0.15, -0.1) is 5.10 Å². The molecule has 1 aliphatic heterocycles. The van der Waals surface area contributed by atoms with Crippen LogP contribution in [0.4, 0.5) is 5.69 Å². The van der Waals surface area contributed by atoms with Gasteiger partial charge in [-0.3, -0.25) is 9.69 Å². The molecule has 0 aromatic heterocycles. The minimum Gasteiger partial charge on any atom is -0.273 e. The van der Waals surface area contributed by atoms with Crippen LogP contribution >= 0.6 is 11.8 Å². The van der Waals surface area contributed by atoms with Gasteiger partial charge in [0.2, 0.25) is 5.91 Å². The lowest BCUT2D eigenvalue weighted by atomic mass is 10.2. The number of aryl methyl sites for hydroxylation is 1. The van der Waals surface area contributed by atoms with E-state index in [4.69, 9.17) is 0 Å². The smallest absolute Gasteiger partial charge is 0.243 e. The molecule has 0 bridgehead atoms. The number of carbonyl (C=O) groups excluding carboxylic acids is 1. The molecule has 1 saturated heterocycles. The van der Waals surface area contributed by atoms with Gasteiger partial charge in [-0.05, 0) is 30.5 Å². The number of anilines is 1. The number of benzene rings is 1. The quantitative estimate of drug-likeness (QED) is 0.628. The van der Waals surface area contributed by atoms with E-state index < -0.39 is 0 Å². The Hall–Kier alpha value is -1.62. The molecule has 1 fully saturated rings. The molecule has 0 aliphatic carbocycles. The zero-order valence-electron chi connectivity index (χ0n) is 11.3. The van der Waals surface area contributed by atoms with Crippen LogP contribution in [0.2, 0.25) is 0 Å². The van der Waals surface area contributed by atoms with Crippen molar-refractivity contribution in [1.82, 2.24) is 0 Å². The van der Waals surface area contributed by atoms with Crippen molar-refractivity contribution < 1.29 is 4.79 Å². The molecule has 5 heteroatoms. The van der Waals surface area contributed by atoms with Gasteiger partial charge in [0.05, 0.1) is 11.4 Å². The van der Waals surface area contributed by atoms with E-state index in [1.165, 1.54) is 11.8 Å². The van der Waals surface area contributed by atoms with Crippen LogP contribution in [-0.4, -0.2) is 23.0 Å². The summed E-state index contributed by atoms with van der Waals surface area (Å²) in [5.74, 6) is 0.817. The summed E-state index contributed by atoms with van der Waals surface area (Å²) < 4.78 is 0. The highest BCUT2D eigenvalue weighted by molar-refractivity contribution is 8.15. The van der Waals surface area contributed by atoms with Crippen LogP contribution in [0.15, 0.2) is 34.5 Å². The molecule has 1 aromatic rings. The molecule has 19 heavy (non-hydrogen) atoms. The third kappa shape index (κ3) is 3.44. The Morgan fingerprint density at radius 3 is 2.89 bits per heavy atom. The number of amidine groups is 1. The first kappa shape index (κ1) is 13.8. The second kappa shape index (κ2) is 6.02. The van der Waals surface area contributed by atoms with Crippen LogP contribution < -0.4 is 4.90 Å². The Morgan fingerprint density at radius 2 is 2.21 bits per heavy atom. The fourth-order valence-corrected chi connectivity index (χ4v) is 2.50. The number of hydrogen-bond donors (Lipinski definition) is 0. The minimum atomic E-state index is 0.0501. The van der Waals surface area contributed by atoms with Crippen molar-refractivity contribution in [3.8, 4) is 0 Å². The molecule has 4 nitrogen and oxygen atoms in total. The van der Waals surface area contributed by atoms with Gasteiger partial charge in [0.1, 0.15) is 0 Å². The van der Waals surface area contributed by atoms with E-state index in [0.29, 0.717) is 16.8 Å². The van der Waals surface area contributed by atoms with Crippen molar-refractivity contribution in [3.05, 3.63) is 29.8 Å². The number of amides is 1. The largest absolute Gasteiger partial charge is 0.273 e.